The second-order valence-electron chi connectivity index (χ2n) is 7.08. The molecule has 1 aliphatic heterocycles. The van der Waals surface area contributed by atoms with Crippen LogP contribution in [0.1, 0.15) is 19.4 Å². The van der Waals surface area contributed by atoms with Gasteiger partial charge in [0.1, 0.15) is 17.9 Å². The molecule has 0 bridgehead atoms. The van der Waals surface area contributed by atoms with Gasteiger partial charge in [0.15, 0.2) is 0 Å². The van der Waals surface area contributed by atoms with E-state index in [2.05, 4.69) is 10.3 Å². The number of aromatic nitrogens is 2. The Bertz CT molecular complexity index is 1070. The molecule has 1 N–H and O–H groups in total. The van der Waals surface area contributed by atoms with Crippen LogP contribution in [0.3, 0.4) is 0 Å². The molecule has 1 aliphatic rings. The first-order valence-electron chi connectivity index (χ1n) is 8.48. The number of nitrogens with one attached hydrogen (secondary N) is 1. The maximum atomic E-state index is 12.5. The molecule has 0 saturated heterocycles. The first kappa shape index (κ1) is 16.3. The minimum Gasteiger partial charge on any atom is -0.485 e. The van der Waals surface area contributed by atoms with Crippen LogP contribution in [-0.4, -0.2) is 21.1 Å². The number of ether oxygens (including phenoxy) is 1. The predicted molar refractivity (Wildman–Crippen MR) is 99.5 cm³/mol. The van der Waals surface area contributed by atoms with Gasteiger partial charge >= 0.3 is 0 Å². The Kier molecular flexibility index (Phi) is 3.76. The van der Waals surface area contributed by atoms with E-state index in [9.17, 15) is 9.59 Å². The molecule has 0 atom stereocenters. The highest BCUT2D eigenvalue weighted by Gasteiger charge is 2.32. The van der Waals surface area contributed by atoms with E-state index in [-0.39, 0.29) is 23.6 Å². The summed E-state index contributed by atoms with van der Waals surface area (Å²) in [4.78, 5) is 29.2. The number of carbonyl (C=O) groups is 1. The molecule has 0 saturated carbocycles. The predicted octanol–water partition coefficient (Wildman–Crippen LogP) is 2.75. The molecular formula is C20H19N3O3. The fourth-order valence-electron chi connectivity index (χ4n) is 3.28. The van der Waals surface area contributed by atoms with Crippen molar-refractivity contribution < 1.29 is 9.53 Å². The summed E-state index contributed by atoms with van der Waals surface area (Å²) in [6.07, 6.45) is 2.19. The lowest BCUT2D eigenvalue weighted by Crippen LogP contribution is -2.28. The number of rotatable bonds is 3. The minimum atomic E-state index is -0.300. The van der Waals surface area contributed by atoms with Gasteiger partial charge < -0.3 is 10.1 Å². The number of anilines is 1. The Labute approximate surface area is 150 Å². The third kappa shape index (κ3) is 2.94. The molecule has 2 aromatic carbocycles. The van der Waals surface area contributed by atoms with E-state index in [1.165, 1.54) is 10.9 Å². The quantitative estimate of drug-likeness (QED) is 0.789. The van der Waals surface area contributed by atoms with Crippen LogP contribution < -0.4 is 15.6 Å². The van der Waals surface area contributed by atoms with Gasteiger partial charge in [0, 0.05) is 12.0 Å². The topological polar surface area (TPSA) is 73.2 Å². The van der Waals surface area contributed by atoms with E-state index in [0.29, 0.717) is 22.3 Å². The second-order valence-corrected chi connectivity index (χ2v) is 7.08. The molecule has 1 amide bonds. The van der Waals surface area contributed by atoms with Gasteiger partial charge in [0.2, 0.25) is 5.91 Å². The number of hydrogen-bond donors (Lipinski definition) is 1. The van der Waals surface area contributed by atoms with E-state index in [1.54, 1.807) is 24.3 Å². The molecule has 0 fully saturated rings. The average Bonchev–Trinajstić information content (AvgIpc) is 2.93. The van der Waals surface area contributed by atoms with Crippen LogP contribution in [0.15, 0.2) is 53.6 Å². The fourth-order valence-corrected chi connectivity index (χ4v) is 3.28. The van der Waals surface area contributed by atoms with Crippen molar-refractivity contribution in [1.29, 1.82) is 0 Å². The van der Waals surface area contributed by atoms with E-state index >= 15 is 0 Å². The maximum Gasteiger partial charge on any atom is 0.261 e. The summed E-state index contributed by atoms with van der Waals surface area (Å²) >= 11 is 0. The third-order valence-corrected chi connectivity index (χ3v) is 4.41. The monoisotopic (exact) mass is 349 g/mol. The number of amides is 1. The minimum absolute atomic E-state index is 0.107. The summed E-state index contributed by atoms with van der Waals surface area (Å²) in [7, 11) is 0. The molecule has 132 valence electrons. The molecule has 3 aromatic rings. The Morgan fingerprint density at radius 3 is 2.88 bits per heavy atom. The number of carbonyl (C=O) groups excluding carboxylic acids is 1. The highest BCUT2D eigenvalue weighted by molar-refractivity contribution is 5.92. The molecule has 4 rings (SSSR count). The van der Waals surface area contributed by atoms with Gasteiger partial charge in [-0.1, -0.05) is 24.3 Å². The van der Waals surface area contributed by atoms with Gasteiger partial charge in [-0.05, 0) is 32.0 Å². The van der Waals surface area contributed by atoms with Gasteiger partial charge in [0.25, 0.3) is 5.56 Å². The molecule has 0 spiro atoms. The molecule has 2 heterocycles. The zero-order chi connectivity index (χ0) is 18.3. The lowest BCUT2D eigenvalue weighted by atomic mass is 10.0. The van der Waals surface area contributed by atoms with Crippen molar-refractivity contribution in [3.05, 3.63) is 64.7 Å². The Morgan fingerprint density at radius 1 is 1.23 bits per heavy atom. The van der Waals surface area contributed by atoms with Crippen LogP contribution in [0.2, 0.25) is 0 Å². The molecule has 1 aromatic heterocycles. The first-order valence-corrected chi connectivity index (χ1v) is 8.48. The Morgan fingerprint density at radius 2 is 2.04 bits per heavy atom. The molecule has 0 radical (unpaired) electrons. The molecule has 26 heavy (non-hydrogen) atoms. The van der Waals surface area contributed by atoms with E-state index in [1.807, 2.05) is 32.0 Å². The van der Waals surface area contributed by atoms with Crippen molar-refractivity contribution in [2.24, 2.45) is 0 Å². The molecule has 6 heteroatoms. The summed E-state index contributed by atoms with van der Waals surface area (Å²) in [6, 6.07) is 12.8. The van der Waals surface area contributed by atoms with Crippen molar-refractivity contribution >= 4 is 22.5 Å². The van der Waals surface area contributed by atoms with Crippen LogP contribution in [0.25, 0.3) is 10.9 Å². The van der Waals surface area contributed by atoms with E-state index < -0.39 is 0 Å². The van der Waals surface area contributed by atoms with Crippen molar-refractivity contribution in [3.8, 4) is 5.75 Å². The molecule has 0 aliphatic carbocycles. The number of benzene rings is 2. The van der Waals surface area contributed by atoms with Crippen LogP contribution in [0.4, 0.5) is 5.69 Å². The summed E-state index contributed by atoms with van der Waals surface area (Å²) in [5, 5.41) is 3.35. The van der Waals surface area contributed by atoms with Gasteiger partial charge in [-0.3, -0.25) is 14.2 Å². The van der Waals surface area contributed by atoms with Crippen molar-refractivity contribution in [2.45, 2.75) is 32.4 Å². The lowest BCUT2D eigenvalue weighted by Gasteiger charge is -2.18. The van der Waals surface area contributed by atoms with Crippen LogP contribution in [-0.2, 0) is 17.8 Å². The van der Waals surface area contributed by atoms with Gasteiger partial charge in [0.05, 0.1) is 22.9 Å². The van der Waals surface area contributed by atoms with E-state index in [0.717, 1.165) is 12.0 Å². The summed E-state index contributed by atoms with van der Waals surface area (Å²) in [5.41, 5.74) is 1.78. The SMILES string of the molecule is CC1(C)Cc2cccc(NC(=O)Cn3cnc4ccccc4c3=O)c2O1. The number of fused-ring (bicyclic) bond motifs is 2. The van der Waals surface area contributed by atoms with Crippen LogP contribution >= 0.6 is 0 Å². The number of nitrogens with zero attached hydrogens (tertiary/aromatic N) is 2. The maximum absolute atomic E-state index is 12.5. The second kappa shape index (κ2) is 5.98. The third-order valence-electron chi connectivity index (χ3n) is 4.41. The molecule has 6 nitrogen and oxygen atoms in total. The summed E-state index contributed by atoms with van der Waals surface area (Å²) < 4.78 is 7.27. The largest absolute Gasteiger partial charge is 0.485 e. The summed E-state index contributed by atoms with van der Waals surface area (Å²) in [6.45, 7) is 3.92. The lowest BCUT2D eigenvalue weighted by molar-refractivity contribution is -0.116. The first-order chi connectivity index (χ1) is 12.4. The number of hydrogen-bond acceptors (Lipinski definition) is 4. The normalized spacial score (nSPS) is 14.7. The Balaban J connectivity index is 1.57. The average molecular weight is 349 g/mol. The highest BCUT2D eigenvalue weighted by atomic mass is 16.5. The fraction of sp³-hybridized carbons (Fsp3) is 0.250. The summed E-state index contributed by atoms with van der Waals surface area (Å²) in [5.74, 6) is 0.403. The number of para-hydroxylation sites is 2. The van der Waals surface area contributed by atoms with Gasteiger partial charge in [-0.15, -0.1) is 0 Å². The zero-order valence-electron chi connectivity index (χ0n) is 14.7. The smallest absolute Gasteiger partial charge is 0.261 e. The molecule has 0 unspecified atom stereocenters. The van der Waals surface area contributed by atoms with Gasteiger partial charge in [-0.2, -0.15) is 0 Å². The molecular weight excluding hydrogens is 330 g/mol. The van der Waals surface area contributed by atoms with Crippen molar-refractivity contribution in [3.63, 3.8) is 0 Å². The Hall–Kier alpha value is -3.15. The van der Waals surface area contributed by atoms with Gasteiger partial charge in [-0.25, -0.2) is 4.98 Å². The highest BCUT2D eigenvalue weighted by Crippen LogP contribution is 2.40. The zero-order valence-corrected chi connectivity index (χ0v) is 14.7. The standard InChI is InChI=1S/C20H19N3O3/c1-20(2)10-13-6-5-9-16(18(13)26-20)22-17(24)11-23-12-21-15-8-4-3-7-14(15)19(23)25/h3-9,12H,10-11H2,1-2H3,(H,22,24). The van der Waals surface area contributed by atoms with Crippen molar-refractivity contribution in [2.75, 3.05) is 5.32 Å². The van der Waals surface area contributed by atoms with E-state index in [4.69, 9.17) is 4.74 Å². The van der Waals surface area contributed by atoms with Crippen LogP contribution in [0, 0.1) is 0 Å². The van der Waals surface area contributed by atoms with Crippen LogP contribution in [0.5, 0.6) is 5.75 Å². The van der Waals surface area contributed by atoms with Crippen molar-refractivity contribution in [1.82, 2.24) is 9.55 Å².